The van der Waals surface area contributed by atoms with Gasteiger partial charge in [0.05, 0.1) is 58.5 Å². The number of amides is 4. The number of benzene rings is 1. The minimum Gasteiger partial charge on any atom is -0.480 e. The molecule has 284 valence electrons. The van der Waals surface area contributed by atoms with Gasteiger partial charge >= 0.3 is 11.9 Å². The number of rotatable bonds is 23. The fraction of sp³-hybridized carbons (Fsp3) is 0.567. The molecule has 1 atom stereocenters. The van der Waals surface area contributed by atoms with Crippen LogP contribution in [-0.2, 0) is 43.3 Å². The first-order chi connectivity index (χ1) is 24.4. The predicted octanol–water partition coefficient (Wildman–Crippen LogP) is -2.83. The highest BCUT2D eigenvalue weighted by Gasteiger charge is 2.23. The van der Waals surface area contributed by atoms with Crippen LogP contribution in [0.15, 0.2) is 24.3 Å². The molecule has 4 amide bonds. The van der Waals surface area contributed by atoms with Gasteiger partial charge < -0.3 is 31.5 Å². The maximum Gasteiger partial charge on any atom is 0.317 e. The van der Waals surface area contributed by atoms with E-state index in [1.165, 1.54) is 34.1 Å². The summed E-state index contributed by atoms with van der Waals surface area (Å²) in [7, 11) is 0. The van der Waals surface area contributed by atoms with E-state index in [1.54, 1.807) is 4.90 Å². The lowest BCUT2D eigenvalue weighted by Crippen LogP contribution is -2.47. The topological polar surface area (TPSA) is 289 Å². The smallest absolute Gasteiger partial charge is 0.317 e. The third-order valence-corrected chi connectivity index (χ3v) is 7.43. The summed E-state index contributed by atoms with van der Waals surface area (Å²) in [6.07, 6.45) is 0.177. The number of nitrogens with zero attached hydrogens (tertiary/aromatic N) is 3. The molecule has 0 bridgehead atoms. The second kappa shape index (κ2) is 23.7. The highest BCUT2D eigenvalue weighted by Crippen LogP contribution is 2.14. The van der Waals surface area contributed by atoms with Crippen LogP contribution in [-0.4, -0.2) is 175 Å². The van der Waals surface area contributed by atoms with E-state index in [0.717, 1.165) is 0 Å². The van der Waals surface area contributed by atoms with Crippen molar-refractivity contribution in [3.8, 4) is 0 Å². The number of nitrogens with one attached hydrogen (secondary N) is 5. The van der Waals surface area contributed by atoms with Crippen LogP contribution in [0.1, 0.15) is 12.8 Å². The van der Waals surface area contributed by atoms with Crippen molar-refractivity contribution in [1.29, 1.82) is 0 Å². The molecule has 0 aromatic heterocycles. The summed E-state index contributed by atoms with van der Waals surface area (Å²) in [5.74, 6) is -4.48. The maximum absolute atomic E-state index is 12.8. The lowest BCUT2D eigenvalue weighted by molar-refractivity contribution is -0.245. The normalized spacial score (nSPS) is 15.1. The number of carboxylic acids is 2. The Morgan fingerprint density at radius 1 is 0.725 bits per heavy atom. The number of Topliss-reactive ketones (excluding diaryl/α,β-unsaturated/α-hetero) is 1. The Labute approximate surface area is 293 Å². The molecular weight excluding hydrogens is 680 g/mol. The zero-order valence-corrected chi connectivity index (χ0v) is 28.0. The van der Waals surface area contributed by atoms with Crippen LogP contribution in [0.3, 0.4) is 0 Å². The van der Waals surface area contributed by atoms with Crippen LogP contribution in [0.4, 0.5) is 11.4 Å². The molecule has 1 aromatic rings. The van der Waals surface area contributed by atoms with E-state index in [9.17, 15) is 38.7 Å². The molecule has 1 fully saturated rings. The summed E-state index contributed by atoms with van der Waals surface area (Å²) >= 11 is 0. The molecule has 1 aliphatic rings. The first kappa shape index (κ1) is 42.6. The van der Waals surface area contributed by atoms with Gasteiger partial charge in [0, 0.05) is 57.1 Å². The van der Waals surface area contributed by atoms with Crippen molar-refractivity contribution in [2.75, 3.05) is 102 Å². The highest BCUT2D eigenvalue weighted by molar-refractivity contribution is 5.96. The Morgan fingerprint density at radius 3 is 1.84 bits per heavy atom. The zero-order chi connectivity index (χ0) is 37.6. The van der Waals surface area contributed by atoms with E-state index in [1.807, 2.05) is 0 Å². The van der Waals surface area contributed by atoms with Crippen molar-refractivity contribution in [2.45, 2.75) is 18.9 Å². The summed E-state index contributed by atoms with van der Waals surface area (Å²) in [5, 5.41) is 48.9. The maximum atomic E-state index is 12.8. The van der Waals surface area contributed by atoms with Gasteiger partial charge in [-0.25, -0.2) is 9.78 Å². The first-order valence-corrected chi connectivity index (χ1v) is 16.0. The van der Waals surface area contributed by atoms with E-state index in [0.29, 0.717) is 17.9 Å². The molecule has 51 heavy (non-hydrogen) atoms. The second-order valence-corrected chi connectivity index (χ2v) is 11.5. The molecule has 1 saturated heterocycles. The average Bonchev–Trinajstić information content (AvgIpc) is 3.16. The van der Waals surface area contributed by atoms with Crippen molar-refractivity contribution in [3.63, 3.8) is 0 Å². The van der Waals surface area contributed by atoms with Gasteiger partial charge in [-0.15, -0.1) is 0 Å². The van der Waals surface area contributed by atoms with E-state index in [-0.39, 0.29) is 103 Å². The molecule has 9 N–H and O–H groups in total. The van der Waals surface area contributed by atoms with Gasteiger partial charge in [-0.05, 0) is 30.7 Å². The lowest BCUT2D eigenvalue weighted by Gasteiger charge is -2.28. The van der Waals surface area contributed by atoms with Gasteiger partial charge in [-0.1, -0.05) is 0 Å². The minimum atomic E-state index is -1.17. The lowest BCUT2D eigenvalue weighted by atomic mass is 10.1. The Balaban J connectivity index is 1.87. The summed E-state index contributed by atoms with van der Waals surface area (Å²) in [6, 6.07) is 5.21. The molecule has 1 unspecified atom stereocenters. The predicted molar refractivity (Wildman–Crippen MR) is 178 cm³/mol. The third kappa shape index (κ3) is 18.8. The SMILES string of the molecule is O=C(O)CN(CCOO)CCN(CCOO)CCN(CC(=O)O)CC(=O)Nc1ccc(NC(=O)CNC(=O)C2CCC(=O)NCC(=O)CN2)cc1. The number of hydrogen-bond donors (Lipinski definition) is 9. The summed E-state index contributed by atoms with van der Waals surface area (Å²) in [4.78, 5) is 96.9. The molecule has 1 aliphatic heterocycles. The standard InChI is InChI=1S/C30H46N8O13/c39-23-15-31-24(5-6-25(40)32-16-23)30(47)33-17-26(41)34-21-1-3-22(4-2-21)35-27(42)18-38(20-29(45)46)10-8-36(11-13-50-48)7-9-37(12-14-51-49)19-28(43)44/h1-4,24,31,48-49H,5-20H2,(H,32,40)(H,33,47)(H,34,41)(H,35,42)(H,43,44)(H,45,46). The monoisotopic (exact) mass is 726 g/mol. The van der Waals surface area contributed by atoms with Crippen LogP contribution in [0.25, 0.3) is 0 Å². The molecule has 2 rings (SSSR count). The Kier molecular flexibility index (Phi) is 19.8. The Bertz CT molecular complexity index is 1300. The van der Waals surface area contributed by atoms with Gasteiger partial charge in [0.2, 0.25) is 23.6 Å². The number of ketones is 1. The van der Waals surface area contributed by atoms with E-state index >= 15 is 0 Å². The number of carbonyl (C=O) groups excluding carboxylic acids is 5. The Hall–Kier alpha value is -4.61. The minimum absolute atomic E-state index is 0.0332. The molecule has 0 saturated carbocycles. The van der Waals surface area contributed by atoms with Crippen LogP contribution >= 0.6 is 0 Å². The van der Waals surface area contributed by atoms with E-state index in [2.05, 4.69) is 36.4 Å². The largest absolute Gasteiger partial charge is 0.480 e. The molecule has 1 aromatic carbocycles. The number of carboxylic acid groups (broad SMARTS) is 2. The van der Waals surface area contributed by atoms with Crippen molar-refractivity contribution in [3.05, 3.63) is 24.3 Å². The number of carbonyl (C=O) groups is 7. The summed E-state index contributed by atoms with van der Waals surface area (Å²) in [6.45, 7) is -0.594. The van der Waals surface area contributed by atoms with Gasteiger partial charge in [0.15, 0.2) is 5.78 Å². The van der Waals surface area contributed by atoms with Crippen molar-refractivity contribution in [2.24, 2.45) is 0 Å². The summed E-state index contributed by atoms with van der Waals surface area (Å²) < 4.78 is 0. The fourth-order valence-electron chi connectivity index (χ4n) is 4.83. The van der Waals surface area contributed by atoms with Crippen LogP contribution in [0, 0.1) is 0 Å². The highest BCUT2D eigenvalue weighted by atomic mass is 17.1. The van der Waals surface area contributed by atoms with E-state index in [4.69, 9.17) is 15.6 Å². The fourth-order valence-corrected chi connectivity index (χ4v) is 4.83. The second-order valence-electron chi connectivity index (χ2n) is 11.5. The van der Waals surface area contributed by atoms with Gasteiger partial charge in [-0.2, -0.15) is 0 Å². The zero-order valence-electron chi connectivity index (χ0n) is 28.0. The van der Waals surface area contributed by atoms with Crippen molar-refractivity contribution in [1.82, 2.24) is 30.7 Å². The third-order valence-electron chi connectivity index (χ3n) is 7.43. The average molecular weight is 727 g/mol. The van der Waals surface area contributed by atoms with Crippen LogP contribution < -0.4 is 26.6 Å². The molecule has 1 heterocycles. The van der Waals surface area contributed by atoms with Gasteiger partial charge in [0.25, 0.3) is 0 Å². The number of anilines is 2. The molecule has 0 spiro atoms. The van der Waals surface area contributed by atoms with Gasteiger partial charge in [-0.3, -0.25) is 64.1 Å². The number of aliphatic carboxylic acids is 2. The first-order valence-electron chi connectivity index (χ1n) is 16.0. The molecular formula is C30H46N8O13. The quantitative estimate of drug-likeness (QED) is 0.0406. The van der Waals surface area contributed by atoms with Crippen LogP contribution in [0.5, 0.6) is 0 Å². The molecule has 21 heteroatoms. The number of hydrogen-bond acceptors (Lipinski definition) is 15. The van der Waals surface area contributed by atoms with Crippen molar-refractivity contribution < 1.29 is 64.1 Å². The van der Waals surface area contributed by atoms with Gasteiger partial charge in [0.1, 0.15) is 0 Å². The van der Waals surface area contributed by atoms with Crippen LogP contribution in [0.2, 0.25) is 0 Å². The van der Waals surface area contributed by atoms with E-state index < -0.39 is 42.2 Å². The van der Waals surface area contributed by atoms with Crippen molar-refractivity contribution >= 4 is 52.7 Å². The Morgan fingerprint density at radius 2 is 1.25 bits per heavy atom. The molecule has 21 nitrogen and oxygen atoms in total. The molecule has 0 radical (unpaired) electrons. The summed E-state index contributed by atoms with van der Waals surface area (Å²) in [5.41, 5.74) is 0.721. The molecule has 0 aliphatic carbocycles.